The van der Waals surface area contributed by atoms with Crippen molar-refractivity contribution >= 4 is 45.6 Å². The third kappa shape index (κ3) is 4.80. The summed E-state index contributed by atoms with van der Waals surface area (Å²) in [5.74, 6) is 1.14. The Morgan fingerprint density at radius 2 is 1.85 bits per heavy atom. The number of amides is 2. The van der Waals surface area contributed by atoms with Gasteiger partial charge in [0.25, 0.3) is 5.24 Å². The van der Waals surface area contributed by atoms with E-state index in [1.165, 1.54) is 6.33 Å². The number of anilines is 2. The van der Waals surface area contributed by atoms with Crippen LogP contribution in [0, 0.1) is 0 Å². The van der Waals surface area contributed by atoms with E-state index in [4.69, 9.17) is 4.74 Å². The fourth-order valence-corrected chi connectivity index (χ4v) is 4.38. The van der Waals surface area contributed by atoms with E-state index in [9.17, 15) is 9.59 Å². The van der Waals surface area contributed by atoms with Gasteiger partial charge in [0.1, 0.15) is 18.7 Å². The summed E-state index contributed by atoms with van der Waals surface area (Å²) in [4.78, 5) is 36.2. The van der Waals surface area contributed by atoms with Crippen molar-refractivity contribution in [3.63, 3.8) is 0 Å². The minimum Gasteiger partial charge on any atom is -0.492 e. The van der Waals surface area contributed by atoms with Gasteiger partial charge in [0.05, 0.1) is 18.1 Å². The molecule has 2 amide bonds. The normalized spacial score (nSPS) is 15.6. The van der Waals surface area contributed by atoms with Crippen LogP contribution in [0.1, 0.15) is 5.56 Å². The Morgan fingerprint density at radius 1 is 1.03 bits per heavy atom. The number of thioether (sulfide) groups is 1. The van der Waals surface area contributed by atoms with E-state index in [2.05, 4.69) is 25.6 Å². The topological polar surface area (TPSA) is 111 Å². The maximum Gasteiger partial charge on any atom is 0.286 e. The lowest BCUT2D eigenvalue weighted by atomic mass is 10.1. The molecule has 9 nitrogen and oxygen atoms in total. The molecule has 3 heterocycles. The Hall–Kier alpha value is -3.92. The summed E-state index contributed by atoms with van der Waals surface area (Å²) in [6.07, 6.45) is 3.75. The number of hydrogen-bond acceptors (Lipinski definition) is 8. The number of para-hydroxylation sites is 1. The number of imide groups is 1. The molecule has 1 fully saturated rings. The molecule has 1 aliphatic rings. The second-order valence-corrected chi connectivity index (χ2v) is 8.58. The van der Waals surface area contributed by atoms with Crippen molar-refractivity contribution in [2.24, 2.45) is 0 Å². The van der Waals surface area contributed by atoms with Gasteiger partial charge < -0.3 is 14.6 Å². The van der Waals surface area contributed by atoms with Crippen LogP contribution < -0.4 is 15.4 Å². The molecule has 5 rings (SSSR count). The Morgan fingerprint density at radius 3 is 2.61 bits per heavy atom. The van der Waals surface area contributed by atoms with Crippen LogP contribution in [-0.2, 0) is 17.8 Å². The number of nitrogens with zero attached hydrogens (tertiary/aromatic N) is 4. The van der Waals surface area contributed by atoms with Gasteiger partial charge >= 0.3 is 0 Å². The molecule has 2 N–H and O–H groups in total. The van der Waals surface area contributed by atoms with E-state index in [-0.39, 0.29) is 16.4 Å². The number of aromatic nitrogens is 4. The van der Waals surface area contributed by atoms with Gasteiger partial charge in [-0.3, -0.25) is 14.9 Å². The summed E-state index contributed by atoms with van der Waals surface area (Å²) < 4.78 is 7.80. The third-order valence-corrected chi connectivity index (χ3v) is 6.13. The van der Waals surface area contributed by atoms with E-state index in [1.807, 2.05) is 59.2 Å². The number of carbonyl (C=O) groups excluding carboxylic acids is 2. The van der Waals surface area contributed by atoms with Crippen LogP contribution >= 0.6 is 11.8 Å². The fraction of sp³-hybridized carbons (Fsp3) is 0.174. The molecule has 2 aromatic carbocycles. The quantitative estimate of drug-likeness (QED) is 0.411. The van der Waals surface area contributed by atoms with Gasteiger partial charge in [-0.05, 0) is 36.2 Å². The highest BCUT2D eigenvalue weighted by molar-refractivity contribution is 8.15. The summed E-state index contributed by atoms with van der Waals surface area (Å²) in [6.45, 7) is 1.01. The van der Waals surface area contributed by atoms with Crippen LogP contribution in [-0.4, -0.2) is 42.5 Å². The molecule has 33 heavy (non-hydrogen) atoms. The van der Waals surface area contributed by atoms with Gasteiger partial charge in [0.2, 0.25) is 5.91 Å². The average Bonchev–Trinajstić information content (AvgIpc) is 3.38. The standard InChI is InChI=1S/C23H20N6O3S/c30-22-18(33-23(31)28-22)12-15-6-8-17(9-7-15)32-11-10-29-14-26-19-20(24-13-25-21(19)29)27-16-4-2-1-3-5-16/h1-9,13-14,18H,10-12H2,(H,24,25,27)(H,28,30,31). The summed E-state index contributed by atoms with van der Waals surface area (Å²) in [7, 11) is 0. The Kier molecular flexibility index (Phi) is 5.90. The first-order valence-electron chi connectivity index (χ1n) is 10.4. The highest BCUT2D eigenvalue weighted by atomic mass is 32.2. The SMILES string of the molecule is O=C1NC(=O)C(Cc2ccc(OCCn3cnc4c(Nc5ccccc5)ncnc43)cc2)S1. The molecule has 4 aromatic rings. The zero-order valence-electron chi connectivity index (χ0n) is 17.5. The van der Waals surface area contributed by atoms with E-state index >= 15 is 0 Å². The molecule has 1 aliphatic heterocycles. The van der Waals surface area contributed by atoms with Gasteiger partial charge in [-0.25, -0.2) is 15.0 Å². The molecule has 0 saturated carbocycles. The van der Waals surface area contributed by atoms with Crippen molar-refractivity contribution < 1.29 is 14.3 Å². The van der Waals surface area contributed by atoms with E-state index in [0.717, 1.165) is 34.4 Å². The zero-order chi connectivity index (χ0) is 22.6. The minimum absolute atomic E-state index is 0.233. The van der Waals surface area contributed by atoms with Crippen LogP contribution in [0.3, 0.4) is 0 Å². The number of benzene rings is 2. The molecule has 166 valence electrons. The first kappa shape index (κ1) is 21.0. The zero-order valence-corrected chi connectivity index (χ0v) is 18.3. The Labute approximate surface area is 193 Å². The van der Waals surface area contributed by atoms with E-state index < -0.39 is 0 Å². The molecule has 0 spiro atoms. The number of ether oxygens (including phenoxy) is 1. The molecule has 10 heteroatoms. The molecular weight excluding hydrogens is 440 g/mol. The summed E-state index contributed by atoms with van der Waals surface area (Å²) >= 11 is 1.03. The lowest BCUT2D eigenvalue weighted by Crippen LogP contribution is -2.25. The van der Waals surface area contributed by atoms with Crippen molar-refractivity contribution in [1.82, 2.24) is 24.8 Å². The molecule has 1 unspecified atom stereocenters. The van der Waals surface area contributed by atoms with Crippen molar-refractivity contribution in [2.75, 3.05) is 11.9 Å². The Bertz CT molecular complexity index is 1290. The van der Waals surface area contributed by atoms with Crippen LogP contribution in [0.25, 0.3) is 11.2 Å². The second kappa shape index (κ2) is 9.29. The lowest BCUT2D eigenvalue weighted by Gasteiger charge is -2.10. The van der Waals surface area contributed by atoms with Gasteiger partial charge in [-0.15, -0.1) is 0 Å². The Balaban J connectivity index is 1.19. The predicted molar refractivity (Wildman–Crippen MR) is 126 cm³/mol. The van der Waals surface area contributed by atoms with Gasteiger partial charge in [-0.2, -0.15) is 0 Å². The summed E-state index contributed by atoms with van der Waals surface area (Å²) in [6, 6.07) is 17.3. The maximum absolute atomic E-state index is 11.7. The predicted octanol–water partition coefficient (Wildman–Crippen LogP) is 3.54. The fourth-order valence-electron chi connectivity index (χ4n) is 3.52. The van der Waals surface area contributed by atoms with Crippen LogP contribution in [0.15, 0.2) is 67.3 Å². The van der Waals surface area contributed by atoms with Crippen molar-refractivity contribution in [3.05, 3.63) is 72.8 Å². The molecule has 0 bridgehead atoms. The molecule has 2 aromatic heterocycles. The van der Waals surface area contributed by atoms with Crippen LogP contribution in [0.5, 0.6) is 5.75 Å². The third-order valence-electron chi connectivity index (χ3n) is 5.15. The summed E-state index contributed by atoms with van der Waals surface area (Å²) in [5.41, 5.74) is 3.32. The molecular formula is C23H20N6O3S. The maximum atomic E-state index is 11.7. The molecule has 0 radical (unpaired) electrons. The largest absolute Gasteiger partial charge is 0.492 e. The lowest BCUT2D eigenvalue weighted by molar-refractivity contribution is -0.118. The highest BCUT2D eigenvalue weighted by Crippen LogP contribution is 2.24. The smallest absolute Gasteiger partial charge is 0.286 e. The average molecular weight is 461 g/mol. The number of nitrogens with one attached hydrogen (secondary N) is 2. The van der Waals surface area contributed by atoms with Gasteiger partial charge in [-0.1, -0.05) is 42.1 Å². The van der Waals surface area contributed by atoms with Crippen molar-refractivity contribution in [3.8, 4) is 5.75 Å². The van der Waals surface area contributed by atoms with E-state index in [1.54, 1.807) is 6.33 Å². The summed E-state index contributed by atoms with van der Waals surface area (Å²) in [5, 5.41) is 4.92. The number of carbonyl (C=O) groups is 2. The van der Waals surface area contributed by atoms with Gasteiger partial charge in [0.15, 0.2) is 17.0 Å². The second-order valence-electron chi connectivity index (χ2n) is 7.40. The van der Waals surface area contributed by atoms with Crippen LogP contribution in [0.2, 0.25) is 0 Å². The van der Waals surface area contributed by atoms with Gasteiger partial charge in [0, 0.05) is 5.69 Å². The first-order valence-corrected chi connectivity index (χ1v) is 11.2. The minimum atomic E-state index is -0.373. The molecule has 1 saturated heterocycles. The van der Waals surface area contributed by atoms with Crippen molar-refractivity contribution in [1.29, 1.82) is 0 Å². The monoisotopic (exact) mass is 460 g/mol. The highest BCUT2D eigenvalue weighted by Gasteiger charge is 2.31. The number of hydrogen-bond donors (Lipinski definition) is 2. The first-order chi connectivity index (χ1) is 16.2. The van der Waals surface area contributed by atoms with Crippen LogP contribution in [0.4, 0.5) is 16.3 Å². The van der Waals surface area contributed by atoms with E-state index in [0.29, 0.717) is 30.9 Å². The molecule has 0 aliphatic carbocycles. The number of imidazole rings is 1. The number of rotatable bonds is 8. The van der Waals surface area contributed by atoms with Crippen molar-refractivity contribution in [2.45, 2.75) is 18.2 Å². The molecule has 1 atom stereocenters. The number of fused-ring (bicyclic) bond motifs is 1.